The third-order valence-electron chi connectivity index (χ3n) is 4.16. The predicted molar refractivity (Wildman–Crippen MR) is 104 cm³/mol. The third-order valence-corrected chi connectivity index (χ3v) is 7.36. The van der Waals surface area contributed by atoms with Crippen molar-refractivity contribution >= 4 is 36.8 Å². The lowest BCUT2D eigenvalue weighted by molar-refractivity contribution is -0.137. The maximum absolute atomic E-state index is 12.5. The van der Waals surface area contributed by atoms with Gasteiger partial charge in [-0.05, 0) is 30.9 Å². The van der Waals surface area contributed by atoms with Gasteiger partial charge in [0.05, 0.1) is 11.7 Å². The number of carbonyl (C=O) groups is 1. The largest absolute Gasteiger partial charge is 0.512 e. The molecule has 0 aliphatic rings. The number of nitrogens with one attached hydrogen (secondary N) is 1. The van der Waals surface area contributed by atoms with Crippen LogP contribution in [0.2, 0.25) is 0 Å². The first kappa shape index (κ1) is 23.8. The van der Waals surface area contributed by atoms with Crippen LogP contribution in [0.25, 0.3) is 10.8 Å². The molecule has 0 aliphatic heterocycles. The fourth-order valence-electron chi connectivity index (χ4n) is 2.40. The van der Waals surface area contributed by atoms with Crippen molar-refractivity contribution in [2.45, 2.75) is 25.1 Å². The zero-order chi connectivity index (χ0) is 22.9. The van der Waals surface area contributed by atoms with Crippen LogP contribution in [0.5, 0.6) is 5.75 Å². The van der Waals surface area contributed by atoms with E-state index in [0.717, 1.165) is 0 Å². The fraction of sp³-hybridized carbons (Fsp3) is 0.278. The van der Waals surface area contributed by atoms with Gasteiger partial charge < -0.3 is 4.74 Å². The molecule has 12 heteroatoms. The Balaban J connectivity index is 2.41. The second-order valence-corrected chi connectivity index (χ2v) is 10.2. The minimum absolute atomic E-state index is 0.0169. The van der Waals surface area contributed by atoms with Gasteiger partial charge in [0.15, 0.2) is 0 Å². The Morgan fingerprint density at radius 3 is 2.20 bits per heavy atom. The second kappa shape index (κ2) is 8.36. The Morgan fingerprint density at radius 1 is 1.10 bits per heavy atom. The second-order valence-electron chi connectivity index (χ2n) is 6.55. The number of sulfonamides is 2. The third kappa shape index (κ3) is 5.37. The number of halogens is 3. The average Bonchev–Trinajstić information content (AvgIpc) is 2.60. The maximum atomic E-state index is 12.5. The minimum atomic E-state index is -6.09. The van der Waals surface area contributed by atoms with E-state index in [2.05, 4.69) is 6.58 Å². The highest BCUT2D eigenvalue weighted by Gasteiger charge is 2.48. The van der Waals surface area contributed by atoms with Crippen molar-refractivity contribution in [3.05, 3.63) is 54.1 Å². The summed E-state index contributed by atoms with van der Waals surface area (Å²) in [7, 11) is -11.0. The van der Waals surface area contributed by atoms with Crippen LogP contribution in [0.1, 0.15) is 19.4 Å². The Morgan fingerprint density at radius 2 is 1.67 bits per heavy atom. The average molecular weight is 465 g/mol. The molecule has 2 aromatic rings. The first-order valence-corrected chi connectivity index (χ1v) is 11.5. The molecule has 0 saturated carbocycles. The highest BCUT2D eigenvalue weighted by molar-refractivity contribution is 8.04. The summed E-state index contributed by atoms with van der Waals surface area (Å²) < 4.78 is 89.8. The van der Waals surface area contributed by atoms with Gasteiger partial charge in [-0.3, -0.25) is 4.79 Å². The van der Waals surface area contributed by atoms with Crippen LogP contribution < -0.4 is 8.86 Å². The van der Waals surface area contributed by atoms with E-state index in [1.54, 1.807) is 26.0 Å². The van der Waals surface area contributed by atoms with Gasteiger partial charge in [0, 0.05) is 5.39 Å². The van der Waals surface area contributed by atoms with Crippen molar-refractivity contribution in [1.29, 1.82) is 0 Å². The zero-order valence-electron chi connectivity index (χ0n) is 15.9. The lowest BCUT2D eigenvalue weighted by Crippen LogP contribution is -2.40. The van der Waals surface area contributed by atoms with Crippen molar-refractivity contribution < 1.29 is 39.5 Å². The van der Waals surface area contributed by atoms with Gasteiger partial charge in [0.1, 0.15) is 5.75 Å². The van der Waals surface area contributed by atoms with Crippen molar-refractivity contribution in [3.8, 4) is 5.75 Å². The normalized spacial score (nSPS) is 13.8. The summed E-state index contributed by atoms with van der Waals surface area (Å²) in [6.45, 7) is 6.93. The van der Waals surface area contributed by atoms with Crippen molar-refractivity contribution in [3.63, 3.8) is 0 Å². The molecule has 0 amide bonds. The number of carbonyl (C=O) groups excluding carboxylic acids is 1. The van der Waals surface area contributed by atoms with E-state index < -0.39 is 43.2 Å². The van der Waals surface area contributed by atoms with Crippen molar-refractivity contribution in [2.75, 3.05) is 0 Å². The van der Waals surface area contributed by atoms with E-state index >= 15 is 0 Å². The summed E-state index contributed by atoms with van der Waals surface area (Å²) >= 11 is 0. The highest BCUT2D eigenvalue weighted by Crippen LogP contribution is 2.31. The van der Waals surface area contributed by atoms with Crippen LogP contribution in [0.3, 0.4) is 0 Å². The molecule has 0 aromatic heterocycles. The molecule has 164 valence electrons. The van der Waals surface area contributed by atoms with E-state index in [1.165, 1.54) is 24.3 Å². The SMILES string of the molecule is C=C(C)C(C)C(=O)Oc1ccc(CS(=O)(=O)NS(=O)(=O)C(F)(F)F)c2ccccc12. The number of fused-ring (bicyclic) bond motifs is 1. The molecular formula is C18H18F3NO6S2. The Kier molecular flexibility index (Phi) is 6.64. The van der Waals surface area contributed by atoms with Crippen LogP contribution >= 0.6 is 0 Å². The van der Waals surface area contributed by atoms with Crippen LogP contribution in [-0.2, 0) is 30.6 Å². The molecule has 1 atom stereocenters. The summed E-state index contributed by atoms with van der Waals surface area (Å²) in [6, 6.07) is 8.65. The summed E-state index contributed by atoms with van der Waals surface area (Å²) in [4.78, 5) is 12.2. The quantitative estimate of drug-likeness (QED) is 0.382. The number of rotatable bonds is 7. The number of ether oxygens (including phenoxy) is 1. The lowest BCUT2D eigenvalue weighted by atomic mass is 10.0. The Bertz CT molecular complexity index is 1200. The smallest absolute Gasteiger partial charge is 0.425 e. The van der Waals surface area contributed by atoms with Crippen LogP contribution in [0.15, 0.2) is 48.6 Å². The molecule has 0 spiro atoms. The molecule has 0 heterocycles. The van der Waals surface area contributed by atoms with E-state index in [1.807, 2.05) is 0 Å². The summed E-state index contributed by atoms with van der Waals surface area (Å²) in [5.74, 6) is -2.12. The van der Waals surface area contributed by atoms with E-state index in [0.29, 0.717) is 15.1 Å². The number of hydrogen-bond acceptors (Lipinski definition) is 6. The van der Waals surface area contributed by atoms with E-state index in [-0.39, 0.29) is 16.7 Å². The molecule has 2 aromatic carbocycles. The lowest BCUT2D eigenvalue weighted by Gasteiger charge is -2.15. The standard InChI is InChI=1S/C18H18F3NO6S2/c1-11(2)12(3)17(23)28-16-9-8-13(14-6-4-5-7-15(14)16)10-29(24,25)22-30(26,27)18(19,20)21/h4-9,12,22H,1,10H2,2-3H3. The molecule has 1 unspecified atom stereocenters. The molecule has 30 heavy (non-hydrogen) atoms. The number of hydrogen-bond donors (Lipinski definition) is 1. The Labute approximate surface area is 171 Å². The van der Waals surface area contributed by atoms with Crippen molar-refractivity contribution in [2.24, 2.45) is 5.92 Å². The van der Waals surface area contributed by atoms with Gasteiger partial charge in [-0.2, -0.15) is 13.2 Å². The molecule has 0 saturated heterocycles. The minimum Gasteiger partial charge on any atom is -0.425 e. The van der Waals surface area contributed by atoms with E-state index in [4.69, 9.17) is 4.74 Å². The van der Waals surface area contributed by atoms with Gasteiger partial charge in [-0.25, -0.2) is 16.8 Å². The maximum Gasteiger partial charge on any atom is 0.512 e. The van der Waals surface area contributed by atoms with Gasteiger partial charge in [-0.1, -0.05) is 42.5 Å². The summed E-state index contributed by atoms with van der Waals surface area (Å²) in [5, 5.41) is 0.590. The molecule has 1 N–H and O–H groups in total. The highest BCUT2D eigenvalue weighted by atomic mass is 32.3. The summed E-state index contributed by atoms with van der Waals surface area (Å²) in [6.07, 6.45) is 0. The zero-order valence-corrected chi connectivity index (χ0v) is 17.5. The number of esters is 1. The van der Waals surface area contributed by atoms with E-state index in [9.17, 15) is 34.8 Å². The molecule has 7 nitrogen and oxygen atoms in total. The molecule has 0 bridgehead atoms. The molecule has 2 rings (SSSR count). The van der Waals surface area contributed by atoms with Gasteiger partial charge in [0.25, 0.3) is 0 Å². The molecule has 0 fully saturated rings. The Hall–Kier alpha value is -2.44. The first-order chi connectivity index (χ1) is 13.6. The topological polar surface area (TPSA) is 107 Å². The van der Waals surface area contributed by atoms with Crippen LogP contribution in [0.4, 0.5) is 13.2 Å². The molecule has 0 aliphatic carbocycles. The monoisotopic (exact) mass is 465 g/mol. The number of benzene rings is 2. The first-order valence-electron chi connectivity index (χ1n) is 8.35. The predicted octanol–water partition coefficient (Wildman–Crippen LogP) is 3.23. The summed E-state index contributed by atoms with van der Waals surface area (Å²) in [5.41, 5.74) is -5.19. The molecular weight excluding hydrogens is 447 g/mol. The fourth-order valence-corrected chi connectivity index (χ4v) is 5.01. The van der Waals surface area contributed by atoms with Crippen LogP contribution in [-0.4, -0.2) is 28.3 Å². The molecule has 0 radical (unpaired) electrons. The van der Waals surface area contributed by atoms with Gasteiger partial charge >= 0.3 is 21.5 Å². The number of alkyl halides is 3. The van der Waals surface area contributed by atoms with Crippen molar-refractivity contribution in [1.82, 2.24) is 4.13 Å². The van der Waals surface area contributed by atoms with Crippen LogP contribution in [0, 0.1) is 5.92 Å². The van der Waals surface area contributed by atoms with Gasteiger partial charge in [-0.15, -0.1) is 4.13 Å². The van der Waals surface area contributed by atoms with Gasteiger partial charge in [0.2, 0.25) is 10.0 Å².